The number of benzene rings is 1. The minimum absolute atomic E-state index is 0.0470. The number of methoxy groups -OCH3 is 1. The highest BCUT2D eigenvalue weighted by Crippen LogP contribution is 2.39. The predicted molar refractivity (Wildman–Crippen MR) is 226 cm³/mol. The van der Waals surface area contributed by atoms with Crippen LogP contribution in [0.4, 0.5) is 27.7 Å². The maximum absolute atomic E-state index is 14.6. The van der Waals surface area contributed by atoms with Gasteiger partial charge in [0.1, 0.15) is 23.8 Å². The third-order valence-electron chi connectivity index (χ3n) is 12.3. The van der Waals surface area contributed by atoms with Gasteiger partial charge >= 0.3 is 0 Å². The number of imide groups is 1. The lowest BCUT2D eigenvalue weighted by atomic mass is 10.0. The number of hydrogen-bond acceptors (Lipinski definition) is 13. The second-order valence-corrected chi connectivity index (χ2v) is 16.6. The van der Waals surface area contributed by atoms with Crippen molar-refractivity contribution in [2.45, 2.75) is 95.4 Å². The number of aromatic nitrogens is 4. The Hall–Kier alpha value is -5.72. The number of hydrogen-bond donors (Lipinski definition) is 5. The Bertz CT molecular complexity index is 2280. The minimum atomic E-state index is -1.28. The fourth-order valence-electron chi connectivity index (χ4n) is 8.93. The first-order valence-corrected chi connectivity index (χ1v) is 21.3. The number of fused-ring (bicyclic) bond motifs is 2. The number of aliphatic hydroxyl groups excluding tert-OH is 1. The van der Waals surface area contributed by atoms with E-state index in [4.69, 9.17) is 4.74 Å². The summed E-state index contributed by atoms with van der Waals surface area (Å²) >= 11 is 0. The van der Waals surface area contributed by atoms with Crippen LogP contribution >= 0.6 is 0 Å². The van der Waals surface area contributed by atoms with Crippen molar-refractivity contribution >= 4 is 57.8 Å². The van der Waals surface area contributed by atoms with Gasteiger partial charge in [0, 0.05) is 98.7 Å². The molecule has 4 atom stereocenters. The number of pyridine rings is 1. The van der Waals surface area contributed by atoms with Crippen LogP contribution in [-0.2, 0) is 14.3 Å². The molecule has 324 valence electrons. The summed E-state index contributed by atoms with van der Waals surface area (Å²) in [4.78, 5) is 70.2. The number of nitrogens with zero attached hydrogens (tertiary/aromatic N) is 7. The normalized spacial score (nSPS) is 22.5. The maximum atomic E-state index is 14.6. The van der Waals surface area contributed by atoms with Gasteiger partial charge in [0.25, 0.3) is 11.8 Å². The maximum Gasteiger partial charge on any atom is 0.257 e. The Labute approximate surface area is 353 Å². The molecule has 4 aliphatic heterocycles. The molecule has 0 saturated carbocycles. The molecule has 18 heteroatoms. The zero-order chi connectivity index (χ0) is 42.8. The molecule has 4 aliphatic rings. The van der Waals surface area contributed by atoms with E-state index in [2.05, 4.69) is 59.5 Å². The van der Waals surface area contributed by atoms with E-state index in [-0.39, 0.29) is 43.3 Å². The summed E-state index contributed by atoms with van der Waals surface area (Å²) in [6.07, 6.45) is 6.73. The number of likely N-dealkylation sites (tertiary alicyclic amines) is 1. The standard InChI is InChI=1S/C43H54FN11O6/c1-25(2)54-23-29(28-22-47-36(21-33(28)54)49-35-11-16-46-43(50-35)53-20-14-34(61-3)30(44)24-53)39(57)48-26-12-18-52(19-13-26)17-5-4-15-45-31-8-6-7-27-38(31)42(60)55(41(27)59)32-9-10-37(56)51-40(32)58/h6-8,11,16,21-23,25-26,30,32,34,42,45,60H,4-5,9-10,12-15,17-20,24H2,1-3H3,(H,48,57)(H,51,56,58)(H,46,47,49,50)/t30-,32?,34+,42?/m1/s1. The average molecular weight is 840 g/mol. The van der Waals surface area contributed by atoms with Gasteiger partial charge in [0.05, 0.1) is 23.7 Å². The Morgan fingerprint density at radius 2 is 1.87 bits per heavy atom. The number of unbranched alkanes of at least 4 members (excludes halogenated alkanes) is 1. The zero-order valence-corrected chi connectivity index (χ0v) is 34.8. The average Bonchev–Trinajstić information content (AvgIpc) is 3.76. The summed E-state index contributed by atoms with van der Waals surface area (Å²) in [6, 6.07) is 8.12. The van der Waals surface area contributed by atoms with E-state index in [0.717, 1.165) is 56.2 Å². The molecular formula is C43H54FN11O6. The molecule has 1 aromatic carbocycles. The number of piperidine rings is 3. The predicted octanol–water partition coefficient (Wildman–Crippen LogP) is 4.05. The number of carbonyl (C=O) groups is 4. The molecule has 0 spiro atoms. The van der Waals surface area contributed by atoms with Crippen LogP contribution in [0.15, 0.2) is 48.9 Å². The van der Waals surface area contributed by atoms with Gasteiger partial charge < -0.3 is 40.2 Å². The molecule has 7 heterocycles. The van der Waals surface area contributed by atoms with Crippen LogP contribution in [0.5, 0.6) is 0 Å². The van der Waals surface area contributed by atoms with Gasteiger partial charge in [-0.25, -0.2) is 14.4 Å². The van der Waals surface area contributed by atoms with Crippen LogP contribution in [0, 0.1) is 0 Å². The van der Waals surface area contributed by atoms with Gasteiger partial charge in [0.15, 0.2) is 6.23 Å². The van der Waals surface area contributed by atoms with Gasteiger partial charge in [-0.3, -0.25) is 29.4 Å². The number of nitrogens with one attached hydrogen (secondary N) is 4. The van der Waals surface area contributed by atoms with E-state index in [9.17, 15) is 28.7 Å². The van der Waals surface area contributed by atoms with Gasteiger partial charge in [-0.05, 0) is 77.1 Å². The molecule has 8 rings (SSSR count). The second kappa shape index (κ2) is 18.1. The molecule has 4 amide bonds. The monoisotopic (exact) mass is 839 g/mol. The van der Waals surface area contributed by atoms with Crippen molar-refractivity contribution in [3.05, 3.63) is 65.6 Å². The van der Waals surface area contributed by atoms with Crippen molar-refractivity contribution in [1.82, 2.24) is 40.0 Å². The third-order valence-corrected chi connectivity index (χ3v) is 12.3. The van der Waals surface area contributed by atoms with Crippen molar-refractivity contribution < 1.29 is 33.4 Å². The summed E-state index contributed by atoms with van der Waals surface area (Å²) in [5, 5.41) is 24.1. The van der Waals surface area contributed by atoms with Gasteiger partial charge in [-0.2, -0.15) is 4.98 Å². The molecule has 2 unspecified atom stereocenters. The van der Waals surface area contributed by atoms with Crippen LogP contribution in [-0.4, -0.2) is 129 Å². The van der Waals surface area contributed by atoms with E-state index in [1.165, 1.54) is 12.0 Å². The van der Waals surface area contributed by atoms with Gasteiger partial charge in [0.2, 0.25) is 17.8 Å². The molecule has 17 nitrogen and oxygen atoms in total. The quantitative estimate of drug-likeness (QED) is 0.0902. The number of rotatable bonds is 14. The molecule has 0 radical (unpaired) electrons. The number of ether oxygens (including phenoxy) is 1. The first-order chi connectivity index (χ1) is 29.5. The number of carbonyl (C=O) groups excluding carboxylic acids is 4. The lowest BCUT2D eigenvalue weighted by Gasteiger charge is -2.33. The van der Waals surface area contributed by atoms with Crippen LogP contribution in [0.3, 0.4) is 0 Å². The Morgan fingerprint density at radius 1 is 1.05 bits per heavy atom. The van der Waals surface area contributed by atoms with E-state index in [1.54, 1.807) is 30.6 Å². The van der Waals surface area contributed by atoms with Crippen LogP contribution in [0.25, 0.3) is 10.9 Å². The second-order valence-electron chi connectivity index (χ2n) is 16.6. The minimum Gasteiger partial charge on any atom is -0.385 e. The highest BCUT2D eigenvalue weighted by atomic mass is 19.1. The SMILES string of the molecule is CO[C@H]1CCN(c2nccc(Nc3cc4c(cn3)c(C(=O)NC3CCN(CCCCNc5cccc6c5C(O)N(C5CCC(=O)NC5=O)C6=O)CC3)cn4C(C)C)n2)C[C@H]1F. The van der Waals surface area contributed by atoms with Crippen molar-refractivity contribution in [1.29, 1.82) is 0 Å². The molecule has 0 bridgehead atoms. The number of alkyl halides is 1. The van der Waals surface area contributed by atoms with Crippen LogP contribution in [0.2, 0.25) is 0 Å². The number of halogens is 1. The van der Waals surface area contributed by atoms with E-state index in [0.29, 0.717) is 59.5 Å². The summed E-state index contributed by atoms with van der Waals surface area (Å²) in [5.41, 5.74) is 2.90. The van der Waals surface area contributed by atoms with Gasteiger partial charge in [-0.15, -0.1) is 0 Å². The first kappa shape index (κ1) is 42.0. The smallest absolute Gasteiger partial charge is 0.257 e. The topological polar surface area (TPSA) is 199 Å². The summed E-state index contributed by atoms with van der Waals surface area (Å²) < 4.78 is 21.9. The molecule has 3 saturated heterocycles. The fraction of sp³-hybridized carbons (Fsp3) is 0.512. The molecule has 5 N–H and O–H groups in total. The Balaban J connectivity index is 0.808. The molecule has 4 aromatic rings. The van der Waals surface area contributed by atoms with Crippen molar-refractivity contribution in [3.8, 4) is 0 Å². The van der Waals surface area contributed by atoms with Crippen LogP contribution in [0.1, 0.15) is 97.3 Å². The lowest BCUT2D eigenvalue weighted by molar-refractivity contribution is -0.139. The largest absolute Gasteiger partial charge is 0.385 e. The van der Waals surface area contributed by atoms with Crippen molar-refractivity contribution in [3.63, 3.8) is 0 Å². The first-order valence-electron chi connectivity index (χ1n) is 21.3. The molecular weight excluding hydrogens is 786 g/mol. The summed E-state index contributed by atoms with van der Waals surface area (Å²) in [6.45, 7) is 8.16. The molecule has 61 heavy (non-hydrogen) atoms. The number of anilines is 4. The highest BCUT2D eigenvalue weighted by Gasteiger charge is 2.45. The number of aliphatic hydroxyl groups is 1. The summed E-state index contributed by atoms with van der Waals surface area (Å²) in [5.74, 6) is 0.0249. The van der Waals surface area contributed by atoms with E-state index in [1.807, 2.05) is 23.2 Å². The lowest BCUT2D eigenvalue weighted by Crippen LogP contribution is -2.53. The molecule has 0 aliphatic carbocycles. The zero-order valence-electron chi connectivity index (χ0n) is 34.8. The summed E-state index contributed by atoms with van der Waals surface area (Å²) in [7, 11) is 1.53. The Morgan fingerprint density at radius 3 is 2.62 bits per heavy atom. The van der Waals surface area contributed by atoms with Crippen molar-refractivity contribution in [2.75, 3.05) is 61.9 Å². The Kier molecular flexibility index (Phi) is 12.5. The van der Waals surface area contributed by atoms with E-state index >= 15 is 0 Å². The van der Waals surface area contributed by atoms with E-state index < -0.39 is 36.4 Å². The molecule has 3 aromatic heterocycles. The van der Waals surface area contributed by atoms with Gasteiger partial charge in [-0.1, -0.05) is 6.07 Å². The highest BCUT2D eigenvalue weighted by molar-refractivity contribution is 6.08. The fourth-order valence-corrected chi connectivity index (χ4v) is 8.93. The van der Waals surface area contributed by atoms with Crippen LogP contribution < -0.4 is 26.2 Å². The van der Waals surface area contributed by atoms with Crippen molar-refractivity contribution in [2.24, 2.45) is 0 Å². The molecule has 3 fully saturated rings. The number of amides is 4. The third kappa shape index (κ3) is 8.88.